The standard InChI is InChI=1S/C14H12ClN3O2/c15-9-5-7-10(8-6-9)17-13(19)14(20)18-12-4-2-1-3-11(12)16/h1-8H,16H2,(H,17,19)(H,18,20). The van der Waals surface area contributed by atoms with E-state index < -0.39 is 11.8 Å². The van der Waals surface area contributed by atoms with Crippen LogP contribution in [0.25, 0.3) is 0 Å². The van der Waals surface area contributed by atoms with Crippen LogP contribution in [0.4, 0.5) is 17.1 Å². The molecule has 5 nitrogen and oxygen atoms in total. The van der Waals surface area contributed by atoms with E-state index in [1.807, 2.05) is 0 Å². The Kier molecular flexibility index (Phi) is 4.22. The highest BCUT2D eigenvalue weighted by Crippen LogP contribution is 2.17. The second-order valence-corrected chi connectivity index (χ2v) is 4.44. The van der Waals surface area contributed by atoms with Crippen LogP contribution in [-0.4, -0.2) is 11.8 Å². The van der Waals surface area contributed by atoms with Crippen molar-refractivity contribution in [2.24, 2.45) is 0 Å². The molecule has 0 saturated carbocycles. The third-order valence-electron chi connectivity index (χ3n) is 2.52. The zero-order valence-corrected chi connectivity index (χ0v) is 11.1. The van der Waals surface area contributed by atoms with Gasteiger partial charge >= 0.3 is 11.8 Å². The predicted molar refractivity (Wildman–Crippen MR) is 79.6 cm³/mol. The maximum absolute atomic E-state index is 11.7. The van der Waals surface area contributed by atoms with Gasteiger partial charge in [-0.05, 0) is 36.4 Å². The van der Waals surface area contributed by atoms with Crippen molar-refractivity contribution < 1.29 is 9.59 Å². The number of amides is 2. The monoisotopic (exact) mass is 289 g/mol. The van der Waals surface area contributed by atoms with Gasteiger partial charge in [0, 0.05) is 10.7 Å². The van der Waals surface area contributed by atoms with Gasteiger partial charge in [-0.2, -0.15) is 0 Å². The Balaban J connectivity index is 2.01. The lowest BCUT2D eigenvalue weighted by molar-refractivity contribution is -0.132. The molecule has 0 aromatic heterocycles. The number of nitrogens with two attached hydrogens (primary N) is 1. The minimum absolute atomic E-state index is 0.389. The van der Waals surface area contributed by atoms with Crippen molar-refractivity contribution in [3.8, 4) is 0 Å². The Labute approximate surface area is 120 Å². The van der Waals surface area contributed by atoms with Crippen LogP contribution in [0.2, 0.25) is 5.02 Å². The fraction of sp³-hybridized carbons (Fsp3) is 0. The first-order chi connectivity index (χ1) is 9.56. The summed E-state index contributed by atoms with van der Waals surface area (Å²) >= 11 is 5.73. The molecule has 2 rings (SSSR count). The van der Waals surface area contributed by atoms with Crippen LogP contribution in [0, 0.1) is 0 Å². The van der Waals surface area contributed by atoms with E-state index >= 15 is 0 Å². The van der Waals surface area contributed by atoms with E-state index in [4.69, 9.17) is 17.3 Å². The fourth-order valence-corrected chi connectivity index (χ4v) is 1.64. The molecule has 0 aliphatic heterocycles. The second kappa shape index (κ2) is 6.08. The minimum atomic E-state index is -0.794. The average molecular weight is 290 g/mol. The van der Waals surface area contributed by atoms with Crippen LogP contribution < -0.4 is 16.4 Å². The minimum Gasteiger partial charge on any atom is -0.397 e. The SMILES string of the molecule is Nc1ccccc1NC(=O)C(=O)Nc1ccc(Cl)cc1. The van der Waals surface area contributed by atoms with E-state index in [2.05, 4.69) is 10.6 Å². The fourth-order valence-electron chi connectivity index (χ4n) is 1.51. The molecule has 0 saturated heterocycles. The summed E-state index contributed by atoms with van der Waals surface area (Å²) in [6, 6.07) is 13.1. The molecule has 0 aliphatic carbocycles. The summed E-state index contributed by atoms with van der Waals surface area (Å²) < 4.78 is 0. The Hall–Kier alpha value is -2.53. The molecule has 0 heterocycles. The Morgan fingerprint density at radius 3 is 2.15 bits per heavy atom. The molecule has 0 spiro atoms. The Morgan fingerprint density at radius 2 is 1.50 bits per heavy atom. The summed E-state index contributed by atoms with van der Waals surface area (Å²) in [5, 5.41) is 5.44. The van der Waals surface area contributed by atoms with Crippen molar-refractivity contribution in [1.29, 1.82) is 0 Å². The summed E-state index contributed by atoms with van der Waals surface area (Å²) in [6.45, 7) is 0. The number of hydrogen-bond acceptors (Lipinski definition) is 3. The van der Waals surface area contributed by atoms with Crippen LogP contribution in [0.5, 0.6) is 0 Å². The van der Waals surface area contributed by atoms with E-state index in [-0.39, 0.29) is 0 Å². The highest BCUT2D eigenvalue weighted by Gasteiger charge is 2.14. The molecule has 2 aromatic carbocycles. The molecular formula is C14H12ClN3O2. The number of nitrogens with one attached hydrogen (secondary N) is 2. The van der Waals surface area contributed by atoms with E-state index in [0.717, 1.165) is 0 Å². The van der Waals surface area contributed by atoms with Crippen molar-refractivity contribution >= 4 is 40.5 Å². The zero-order chi connectivity index (χ0) is 14.5. The van der Waals surface area contributed by atoms with Crippen LogP contribution >= 0.6 is 11.6 Å². The van der Waals surface area contributed by atoms with E-state index in [0.29, 0.717) is 22.1 Å². The Morgan fingerprint density at radius 1 is 0.900 bits per heavy atom. The molecule has 0 aliphatic rings. The molecule has 0 radical (unpaired) electrons. The molecule has 0 fully saturated rings. The zero-order valence-electron chi connectivity index (χ0n) is 10.4. The van der Waals surface area contributed by atoms with Crippen molar-refractivity contribution in [3.05, 3.63) is 53.6 Å². The van der Waals surface area contributed by atoms with Gasteiger partial charge in [-0.15, -0.1) is 0 Å². The van der Waals surface area contributed by atoms with Crippen LogP contribution in [0.15, 0.2) is 48.5 Å². The summed E-state index contributed by atoms with van der Waals surface area (Å²) in [7, 11) is 0. The van der Waals surface area contributed by atoms with Gasteiger partial charge in [0.15, 0.2) is 0 Å². The Bertz CT molecular complexity index is 641. The average Bonchev–Trinajstić information content (AvgIpc) is 2.44. The highest BCUT2D eigenvalue weighted by molar-refractivity contribution is 6.44. The number of nitrogen functional groups attached to an aromatic ring is 1. The number of carbonyl (C=O) groups excluding carboxylic acids is 2. The topological polar surface area (TPSA) is 84.2 Å². The molecule has 0 atom stereocenters. The molecule has 0 unspecified atom stereocenters. The van der Waals surface area contributed by atoms with Gasteiger partial charge in [0.2, 0.25) is 0 Å². The molecular weight excluding hydrogens is 278 g/mol. The third-order valence-corrected chi connectivity index (χ3v) is 2.77. The van der Waals surface area contributed by atoms with Gasteiger partial charge in [0.1, 0.15) is 0 Å². The molecule has 4 N–H and O–H groups in total. The number of hydrogen-bond donors (Lipinski definition) is 3. The van der Waals surface area contributed by atoms with E-state index in [9.17, 15) is 9.59 Å². The van der Waals surface area contributed by atoms with Gasteiger partial charge in [-0.25, -0.2) is 0 Å². The van der Waals surface area contributed by atoms with Crippen LogP contribution in [-0.2, 0) is 9.59 Å². The number of anilines is 3. The van der Waals surface area contributed by atoms with Crippen LogP contribution in [0.3, 0.4) is 0 Å². The lowest BCUT2D eigenvalue weighted by Crippen LogP contribution is -2.29. The van der Waals surface area contributed by atoms with Gasteiger partial charge in [0.25, 0.3) is 0 Å². The number of para-hydroxylation sites is 2. The van der Waals surface area contributed by atoms with Crippen molar-refractivity contribution in [1.82, 2.24) is 0 Å². The van der Waals surface area contributed by atoms with E-state index in [1.54, 1.807) is 48.5 Å². The molecule has 2 aromatic rings. The van der Waals surface area contributed by atoms with Crippen molar-refractivity contribution in [2.45, 2.75) is 0 Å². The quantitative estimate of drug-likeness (QED) is 0.586. The molecule has 20 heavy (non-hydrogen) atoms. The van der Waals surface area contributed by atoms with Crippen LogP contribution in [0.1, 0.15) is 0 Å². The maximum atomic E-state index is 11.7. The van der Waals surface area contributed by atoms with Gasteiger partial charge < -0.3 is 16.4 Å². The van der Waals surface area contributed by atoms with Gasteiger partial charge in [-0.1, -0.05) is 23.7 Å². The van der Waals surface area contributed by atoms with E-state index in [1.165, 1.54) is 0 Å². The number of benzene rings is 2. The normalized spacial score (nSPS) is 9.85. The number of halogens is 1. The third kappa shape index (κ3) is 3.49. The second-order valence-electron chi connectivity index (χ2n) is 4.00. The summed E-state index contributed by atoms with van der Waals surface area (Å²) in [5.41, 5.74) is 6.94. The summed E-state index contributed by atoms with van der Waals surface area (Å²) in [6.07, 6.45) is 0. The first-order valence-electron chi connectivity index (χ1n) is 5.78. The first-order valence-corrected chi connectivity index (χ1v) is 6.16. The maximum Gasteiger partial charge on any atom is 0.314 e. The molecule has 0 bridgehead atoms. The van der Waals surface area contributed by atoms with Crippen molar-refractivity contribution in [2.75, 3.05) is 16.4 Å². The van der Waals surface area contributed by atoms with Gasteiger partial charge in [0.05, 0.1) is 11.4 Å². The lowest BCUT2D eigenvalue weighted by atomic mass is 10.2. The highest BCUT2D eigenvalue weighted by atomic mass is 35.5. The summed E-state index contributed by atoms with van der Waals surface area (Å²) in [4.78, 5) is 23.4. The molecule has 6 heteroatoms. The lowest BCUT2D eigenvalue weighted by Gasteiger charge is -2.08. The molecule has 2 amide bonds. The first kappa shape index (κ1) is 13.9. The number of rotatable bonds is 2. The number of carbonyl (C=O) groups is 2. The van der Waals surface area contributed by atoms with Crippen molar-refractivity contribution in [3.63, 3.8) is 0 Å². The molecule has 102 valence electrons. The smallest absolute Gasteiger partial charge is 0.314 e. The summed E-state index contributed by atoms with van der Waals surface area (Å²) in [5.74, 6) is -1.58. The van der Waals surface area contributed by atoms with Gasteiger partial charge in [-0.3, -0.25) is 9.59 Å². The largest absolute Gasteiger partial charge is 0.397 e. The predicted octanol–water partition coefficient (Wildman–Crippen LogP) is 2.50.